The summed E-state index contributed by atoms with van der Waals surface area (Å²) in [4.78, 5) is 6.27. The van der Waals surface area contributed by atoms with Crippen LogP contribution in [-0.2, 0) is 31.0 Å². The minimum Gasteiger partial charge on any atom is -0.347 e. The number of benzene rings is 3. The lowest BCUT2D eigenvalue weighted by Gasteiger charge is -2.31. The Morgan fingerprint density at radius 1 is 0.972 bits per heavy atom. The van der Waals surface area contributed by atoms with E-state index in [0.717, 1.165) is 56.4 Å². The average Bonchev–Trinajstić information content (AvgIpc) is 3.27. The van der Waals surface area contributed by atoms with E-state index in [1.165, 1.54) is 27.6 Å². The lowest BCUT2D eigenvalue weighted by atomic mass is 9.89. The zero-order chi connectivity index (χ0) is 24.9. The van der Waals surface area contributed by atoms with Crippen molar-refractivity contribution in [2.75, 3.05) is 13.1 Å². The van der Waals surface area contributed by atoms with Crippen LogP contribution in [0.1, 0.15) is 53.0 Å². The van der Waals surface area contributed by atoms with Gasteiger partial charge in [-0.15, -0.1) is 0 Å². The second-order valence-electron chi connectivity index (χ2n) is 9.94. The summed E-state index contributed by atoms with van der Waals surface area (Å²) < 4.78 is 16.8. The summed E-state index contributed by atoms with van der Waals surface area (Å²) in [6.07, 6.45) is 6.19. The lowest BCUT2D eigenvalue weighted by molar-refractivity contribution is -0.180. The molecule has 4 aromatic rings. The molecule has 0 aliphatic carbocycles. The highest BCUT2D eigenvalue weighted by Crippen LogP contribution is 2.31. The van der Waals surface area contributed by atoms with Gasteiger partial charge in [-0.3, -0.25) is 4.84 Å². The molecular weight excluding hydrogens is 449 g/mol. The number of fused-ring (bicyclic) bond motifs is 1. The van der Waals surface area contributed by atoms with Crippen LogP contribution >= 0.6 is 0 Å². The van der Waals surface area contributed by atoms with Crippen LogP contribution in [0.4, 0.5) is 4.39 Å². The molecule has 0 amide bonds. The monoisotopic (exact) mass is 485 g/mol. The van der Waals surface area contributed by atoms with Gasteiger partial charge in [-0.1, -0.05) is 60.7 Å². The Balaban J connectivity index is 1.21. The summed E-state index contributed by atoms with van der Waals surface area (Å²) in [5, 5.41) is 3.32. The van der Waals surface area contributed by atoms with Crippen molar-refractivity contribution >= 4 is 10.9 Å². The molecule has 188 valence electrons. The summed E-state index contributed by atoms with van der Waals surface area (Å²) in [6, 6.07) is 22.5. The number of nitrogens with two attached hydrogens (primary N) is 1. The van der Waals surface area contributed by atoms with Gasteiger partial charge in [0.1, 0.15) is 5.82 Å². The van der Waals surface area contributed by atoms with E-state index >= 15 is 0 Å². The number of para-hydroxylation sites is 1. The Labute approximate surface area is 213 Å². The fourth-order valence-corrected chi connectivity index (χ4v) is 5.50. The Morgan fingerprint density at radius 3 is 2.56 bits per heavy atom. The van der Waals surface area contributed by atoms with Crippen molar-refractivity contribution < 1.29 is 9.23 Å². The summed E-state index contributed by atoms with van der Waals surface area (Å²) in [5.74, 6) is 0.0903. The summed E-state index contributed by atoms with van der Waals surface area (Å²) >= 11 is 0. The van der Waals surface area contributed by atoms with E-state index in [2.05, 4.69) is 71.3 Å². The van der Waals surface area contributed by atoms with Gasteiger partial charge >= 0.3 is 0 Å². The standard InChI is InChI=1S/C31H36FN3O/c1-23-7-5-11-28-27(21-34(31(23)28)16-6-10-24-8-3-2-4-9-24)22-36-35-17-14-26(15-18-35)29-19-25(20-33)12-13-30(29)32/h2-5,7-9,11-13,19,21,26H,6,10,14-18,20,22,33H2,1H3. The van der Waals surface area contributed by atoms with Crippen LogP contribution in [0.2, 0.25) is 0 Å². The maximum Gasteiger partial charge on any atom is 0.126 e. The Morgan fingerprint density at radius 2 is 1.78 bits per heavy atom. The number of hydrogen-bond acceptors (Lipinski definition) is 3. The van der Waals surface area contributed by atoms with E-state index in [1.807, 2.05) is 6.07 Å². The fourth-order valence-electron chi connectivity index (χ4n) is 5.50. The molecule has 1 aliphatic heterocycles. The quantitative estimate of drug-likeness (QED) is 0.295. The molecule has 1 saturated heterocycles. The first-order valence-corrected chi connectivity index (χ1v) is 13.1. The number of halogens is 1. The lowest BCUT2D eigenvalue weighted by Crippen LogP contribution is -2.33. The topological polar surface area (TPSA) is 43.4 Å². The number of nitrogens with zero attached hydrogens (tertiary/aromatic N) is 2. The average molecular weight is 486 g/mol. The number of aryl methyl sites for hydroxylation is 3. The van der Waals surface area contributed by atoms with Gasteiger partial charge in [0.2, 0.25) is 0 Å². The van der Waals surface area contributed by atoms with E-state index < -0.39 is 0 Å². The molecule has 36 heavy (non-hydrogen) atoms. The largest absolute Gasteiger partial charge is 0.347 e. The summed E-state index contributed by atoms with van der Waals surface area (Å²) in [5.41, 5.74) is 12.7. The number of piperidine rings is 1. The highest BCUT2D eigenvalue weighted by molar-refractivity contribution is 5.86. The van der Waals surface area contributed by atoms with Gasteiger partial charge in [-0.05, 0) is 66.8 Å². The number of hydrogen-bond donors (Lipinski definition) is 1. The molecule has 1 aliphatic rings. The first kappa shape index (κ1) is 24.7. The van der Waals surface area contributed by atoms with Crippen molar-refractivity contribution in [3.05, 3.63) is 107 Å². The zero-order valence-corrected chi connectivity index (χ0v) is 21.1. The Kier molecular flexibility index (Phi) is 7.81. The number of hydroxylamine groups is 2. The van der Waals surface area contributed by atoms with E-state index in [-0.39, 0.29) is 11.7 Å². The van der Waals surface area contributed by atoms with Crippen molar-refractivity contribution in [1.82, 2.24) is 9.63 Å². The minimum absolute atomic E-state index is 0.123. The SMILES string of the molecule is Cc1cccc2c(CON3CCC(c4cc(CN)ccc4F)CC3)cn(CCCc3ccccc3)c12. The summed E-state index contributed by atoms with van der Waals surface area (Å²) in [7, 11) is 0. The molecule has 0 saturated carbocycles. The van der Waals surface area contributed by atoms with Crippen molar-refractivity contribution in [2.45, 2.75) is 58.2 Å². The van der Waals surface area contributed by atoms with Crippen LogP contribution in [0.3, 0.4) is 0 Å². The van der Waals surface area contributed by atoms with Crippen molar-refractivity contribution in [3.63, 3.8) is 0 Å². The first-order chi connectivity index (χ1) is 17.6. The highest BCUT2D eigenvalue weighted by Gasteiger charge is 2.24. The van der Waals surface area contributed by atoms with Crippen LogP contribution < -0.4 is 5.73 Å². The number of aromatic nitrogens is 1. The third-order valence-electron chi connectivity index (χ3n) is 7.48. The molecule has 0 spiro atoms. The van der Waals surface area contributed by atoms with Gasteiger partial charge < -0.3 is 10.3 Å². The van der Waals surface area contributed by atoms with Gasteiger partial charge in [0.15, 0.2) is 0 Å². The number of rotatable bonds is 9. The molecule has 2 N–H and O–H groups in total. The molecule has 4 nitrogen and oxygen atoms in total. The van der Waals surface area contributed by atoms with E-state index in [9.17, 15) is 4.39 Å². The maximum absolute atomic E-state index is 14.4. The molecule has 0 bridgehead atoms. The van der Waals surface area contributed by atoms with Gasteiger partial charge in [0.05, 0.1) is 12.1 Å². The molecule has 3 aromatic carbocycles. The van der Waals surface area contributed by atoms with Crippen molar-refractivity contribution in [3.8, 4) is 0 Å². The molecule has 1 aromatic heterocycles. The Hall–Kier alpha value is -2.99. The van der Waals surface area contributed by atoms with E-state index in [4.69, 9.17) is 10.6 Å². The van der Waals surface area contributed by atoms with Crippen LogP contribution in [0.5, 0.6) is 0 Å². The Bertz CT molecular complexity index is 1290. The minimum atomic E-state index is -0.123. The van der Waals surface area contributed by atoms with Gasteiger partial charge in [0.25, 0.3) is 0 Å². The smallest absolute Gasteiger partial charge is 0.126 e. The maximum atomic E-state index is 14.4. The van der Waals surface area contributed by atoms with Gasteiger partial charge in [-0.2, -0.15) is 5.06 Å². The first-order valence-electron chi connectivity index (χ1n) is 13.1. The van der Waals surface area contributed by atoms with Gasteiger partial charge in [-0.25, -0.2) is 4.39 Å². The van der Waals surface area contributed by atoms with Crippen LogP contribution in [0.25, 0.3) is 10.9 Å². The molecule has 1 fully saturated rings. The normalized spacial score (nSPS) is 15.1. The molecule has 5 rings (SSSR count). The van der Waals surface area contributed by atoms with E-state index in [1.54, 1.807) is 12.1 Å². The molecule has 5 heteroatoms. The fraction of sp³-hybridized carbons (Fsp3) is 0.355. The summed E-state index contributed by atoms with van der Waals surface area (Å²) in [6.45, 7) is 5.75. The van der Waals surface area contributed by atoms with Crippen LogP contribution in [-0.4, -0.2) is 22.7 Å². The predicted molar refractivity (Wildman–Crippen MR) is 144 cm³/mol. The molecular formula is C31H36FN3O. The van der Waals surface area contributed by atoms with E-state index in [0.29, 0.717) is 13.2 Å². The van der Waals surface area contributed by atoms with Crippen LogP contribution in [0.15, 0.2) is 72.9 Å². The third-order valence-corrected chi connectivity index (χ3v) is 7.48. The predicted octanol–water partition coefficient (Wildman–Crippen LogP) is 6.49. The molecule has 0 atom stereocenters. The molecule has 0 unspecified atom stereocenters. The second kappa shape index (κ2) is 11.4. The third kappa shape index (κ3) is 5.54. The highest BCUT2D eigenvalue weighted by atomic mass is 19.1. The molecule has 0 radical (unpaired) electrons. The zero-order valence-electron chi connectivity index (χ0n) is 21.1. The second-order valence-corrected chi connectivity index (χ2v) is 9.94. The molecule has 2 heterocycles. The van der Waals surface area contributed by atoms with Crippen molar-refractivity contribution in [1.29, 1.82) is 0 Å². The van der Waals surface area contributed by atoms with Crippen LogP contribution in [0, 0.1) is 12.7 Å². The van der Waals surface area contributed by atoms with Crippen molar-refractivity contribution in [2.24, 2.45) is 5.73 Å². The van der Waals surface area contributed by atoms with Gasteiger partial charge in [0, 0.05) is 43.3 Å².